The van der Waals surface area contributed by atoms with Gasteiger partial charge in [0, 0.05) is 11.1 Å². The zero-order valence-corrected chi connectivity index (χ0v) is 16.2. The highest BCUT2D eigenvalue weighted by Crippen LogP contribution is 2.22. The van der Waals surface area contributed by atoms with Gasteiger partial charge >= 0.3 is 0 Å². The predicted molar refractivity (Wildman–Crippen MR) is 102 cm³/mol. The normalized spacial score (nSPS) is 15.2. The van der Waals surface area contributed by atoms with Crippen LogP contribution >= 0.6 is 0 Å². The maximum Gasteiger partial charge on any atom is 0.182 e. The summed E-state index contributed by atoms with van der Waals surface area (Å²) in [7, 11) is 0. The molecule has 1 rings (SSSR count). The molecule has 0 N–H and O–H groups in total. The lowest BCUT2D eigenvalue weighted by Crippen LogP contribution is -2.13. The first-order chi connectivity index (χ1) is 11.4. The summed E-state index contributed by atoms with van der Waals surface area (Å²) in [5, 5.41) is 0. The first kappa shape index (κ1) is 20.9. The summed E-state index contributed by atoms with van der Waals surface area (Å²) in [6.45, 7) is 8.95. The topological polar surface area (TPSA) is 34.1 Å². The molecule has 0 aromatic heterocycles. The molecular formula is C22H36O2. The van der Waals surface area contributed by atoms with Crippen LogP contribution in [0.1, 0.15) is 91.9 Å². The molecule has 0 saturated carbocycles. The maximum absolute atomic E-state index is 12.2. The molecule has 1 aliphatic rings. The molecule has 2 heteroatoms. The van der Waals surface area contributed by atoms with E-state index in [1.807, 2.05) is 0 Å². The molecule has 0 bridgehead atoms. The number of carbonyl (C=O) groups excluding carboxylic acids is 2. The van der Waals surface area contributed by atoms with Crippen molar-refractivity contribution in [3.05, 3.63) is 23.3 Å². The molecule has 0 atom stereocenters. The third kappa shape index (κ3) is 8.61. The second kappa shape index (κ2) is 11.4. The molecule has 0 aliphatic heterocycles. The van der Waals surface area contributed by atoms with Crippen LogP contribution in [0.2, 0.25) is 0 Å². The van der Waals surface area contributed by atoms with E-state index in [0.717, 1.165) is 50.4 Å². The van der Waals surface area contributed by atoms with Crippen LogP contribution in [0.4, 0.5) is 0 Å². The lowest BCUT2D eigenvalue weighted by molar-refractivity contribution is -0.115. The fourth-order valence-electron chi connectivity index (χ4n) is 3.12. The summed E-state index contributed by atoms with van der Waals surface area (Å²) < 4.78 is 0. The van der Waals surface area contributed by atoms with Gasteiger partial charge in [-0.25, -0.2) is 0 Å². The van der Waals surface area contributed by atoms with Crippen LogP contribution in [0.15, 0.2) is 23.3 Å². The van der Waals surface area contributed by atoms with Crippen LogP contribution in [0.5, 0.6) is 0 Å². The van der Waals surface area contributed by atoms with Gasteiger partial charge in [-0.3, -0.25) is 9.59 Å². The molecule has 0 spiro atoms. The Morgan fingerprint density at radius 3 is 1.33 bits per heavy atom. The Labute approximate surface area is 148 Å². The molecule has 0 amide bonds. The minimum Gasteiger partial charge on any atom is -0.290 e. The van der Waals surface area contributed by atoms with Crippen LogP contribution in [0.3, 0.4) is 0 Å². The molecule has 136 valence electrons. The van der Waals surface area contributed by atoms with Gasteiger partial charge < -0.3 is 0 Å². The van der Waals surface area contributed by atoms with Gasteiger partial charge in [-0.2, -0.15) is 0 Å². The van der Waals surface area contributed by atoms with E-state index in [4.69, 9.17) is 0 Å². The summed E-state index contributed by atoms with van der Waals surface area (Å²) in [4.78, 5) is 24.4. The zero-order valence-electron chi connectivity index (χ0n) is 16.2. The van der Waals surface area contributed by atoms with E-state index < -0.39 is 0 Å². The van der Waals surface area contributed by atoms with Gasteiger partial charge in [0.25, 0.3) is 0 Å². The molecule has 0 saturated heterocycles. The van der Waals surface area contributed by atoms with Gasteiger partial charge in [0.05, 0.1) is 0 Å². The van der Waals surface area contributed by atoms with Crippen molar-refractivity contribution in [1.29, 1.82) is 0 Å². The SMILES string of the molecule is CC(C)CCCCCC1=CC(=O)C(CCCCCC(C)C)=CC1=O. The molecule has 0 aromatic carbocycles. The summed E-state index contributed by atoms with van der Waals surface area (Å²) in [6.07, 6.45) is 13.9. The zero-order chi connectivity index (χ0) is 17.9. The molecule has 0 unspecified atom stereocenters. The van der Waals surface area contributed by atoms with E-state index in [1.54, 1.807) is 12.2 Å². The van der Waals surface area contributed by atoms with E-state index >= 15 is 0 Å². The van der Waals surface area contributed by atoms with Gasteiger partial charge in [-0.15, -0.1) is 0 Å². The number of rotatable bonds is 12. The average molecular weight is 333 g/mol. The second-order valence-electron chi connectivity index (χ2n) is 8.05. The minimum atomic E-state index is 0.0654. The highest BCUT2D eigenvalue weighted by atomic mass is 16.1. The number of ketones is 2. The molecule has 24 heavy (non-hydrogen) atoms. The maximum atomic E-state index is 12.2. The summed E-state index contributed by atoms with van der Waals surface area (Å²) >= 11 is 0. The van der Waals surface area contributed by atoms with Crippen LogP contribution < -0.4 is 0 Å². The van der Waals surface area contributed by atoms with Gasteiger partial charge in [-0.05, 0) is 49.7 Å². The van der Waals surface area contributed by atoms with Crippen molar-refractivity contribution in [2.75, 3.05) is 0 Å². The Morgan fingerprint density at radius 2 is 1.00 bits per heavy atom. The number of hydrogen-bond donors (Lipinski definition) is 0. The summed E-state index contributed by atoms with van der Waals surface area (Å²) in [5.74, 6) is 1.62. The number of carbonyl (C=O) groups is 2. The number of unbranched alkanes of at least 4 members (excludes halogenated alkanes) is 4. The van der Waals surface area contributed by atoms with Crippen LogP contribution in [0, 0.1) is 11.8 Å². The Kier molecular flexibility index (Phi) is 9.90. The Hall–Kier alpha value is -1.18. The minimum absolute atomic E-state index is 0.0654. The monoisotopic (exact) mass is 332 g/mol. The third-order valence-corrected chi connectivity index (χ3v) is 4.70. The van der Waals surface area contributed by atoms with Crippen molar-refractivity contribution in [2.45, 2.75) is 91.9 Å². The largest absolute Gasteiger partial charge is 0.290 e. The standard InChI is InChI=1S/C22H36O2/c1-17(2)11-7-5-9-13-19-15-22(24)20(16-21(19)23)14-10-6-8-12-18(3)4/h15-18H,5-14H2,1-4H3. The Bertz CT molecular complexity index is 422. The van der Waals surface area contributed by atoms with Crippen molar-refractivity contribution in [1.82, 2.24) is 0 Å². The summed E-state index contributed by atoms with van der Waals surface area (Å²) in [6, 6.07) is 0. The predicted octanol–water partition coefficient (Wildman–Crippen LogP) is 6.20. The first-order valence-corrected chi connectivity index (χ1v) is 9.90. The van der Waals surface area contributed by atoms with Crippen LogP contribution in [-0.4, -0.2) is 11.6 Å². The van der Waals surface area contributed by atoms with E-state index in [0.29, 0.717) is 11.1 Å². The number of hydrogen-bond acceptors (Lipinski definition) is 2. The van der Waals surface area contributed by atoms with E-state index in [9.17, 15) is 9.59 Å². The van der Waals surface area contributed by atoms with E-state index in [2.05, 4.69) is 27.7 Å². The molecule has 0 fully saturated rings. The lowest BCUT2D eigenvalue weighted by atomic mass is 9.90. The van der Waals surface area contributed by atoms with Crippen molar-refractivity contribution in [3.8, 4) is 0 Å². The quantitative estimate of drug-likeness (QED) is 0.315. The molecule has 1 aliphatic carbocycles. The van der Waals surface area contributed by atoms with Crippen molar-refractivity contribution >= 4 is 11.6 Å². The third-order valence-electron chi connectivity index (χ3n) is 4.70. The average Bonchev–Trinajstić information content (AvgIpc) is 2.50. The molecule has 0 heterocycles. The fourth-order valence-corrected chi connectivity index (χ4v) is 3.12. The molecule has 2 nitrogen and oxygen atoms in total. The van der Waals surface area contributed by atoms with Gasteiger partial charge in [0.1, 0.15) is 0 Å². The Morgan fingerprint density at radius 1 is 0.625 bits per heavy atom. The van der Waals surface area contributed by atoms with Crippen molar-refractivity contribution in [3.63, 3.8) is 0 Å². The van der Waals surface area contributed by atoms with E-state index in [1.165, 1.54) is 25.7 Å². The second-order valence-corrected chi connectivity index (χ2v) is 8.05. The van der Waals surface area contributed by atoms with Gasteiger partial charge in [0.15, 0.2) is 11.6 Å². The fraction of sp³-hybridized carbons (Fsp3) is 0.727. The van der Waals surface area contributed by atoms with Crippen LogP contribution in [-0.2, 0) is 9.59 Å². The van der Waals surface area contributed by atoms with E-state index in [-0.39, 0.29) is 11.6 Å². The summed E-state index contributed by atoms with van der Waals surface area (Å²) in [5.41, 5.74) is 1.43. The highest BCUT2D eigenvalue weighted by molar-refractivity contribution is 6.19. The number of allylic oxidation sites excluding steroid dienone is 4. The smallest absolute Gasteiger partial charge is 0.182 e. The first-order valence-electron chi connectivity index (χ1n) is 9.90. The lowest BCUT2D eigenvalue weighted by Gasteiger charge is -2.13. The van der Waals surface area contributed by atoms with Crippen molar-refractivity contribution in [2.24, 2.45) is 11.8 Å². The highest BCUT2D eigenvalue weighted by Gasteiger charge is 2.19. The Balaban J connectivity index is 2.30. The van der Waals surface area contributed by atoms with Gasteiger partial charge in [0.2, 0.25) is 0 Å². The molecule has 0 aromatic rings. The van der Waals surface area contributed by atoms with Crippen LogP contribution in [0.25, 0.3) is 0 Å². The van der Waals surface area contributed by atoms with Gasteiger partial charge in [-0.1, -0.05) is 66.2 Å². The molecular weight excluding hydrogens is 296 g/mol. The molecule has 0 radical (unpaired) electrons. The van der Waals surface area contributed by atoms with Crippen molar-refractivity contribution < 1.29 is 9.59 Å².